The highest BCUT2D eigenvalue weighted by atomic mass is 35.5. The zero-order valence-corrected chi connectivity index (χ0v) is 33.2. The minimum atomic E-state index is -1.52. The molecule has 2 aliphatic rings. The fourth-order valence-corrected chi connectivity index (χ4v) is 7.78. The fraction of sp³-hybridized carbons (Fsp3) is 0.419. The van der Waals surface area contributed by atoms with Crippen LogP contribution in [0.1, 0.15) is 86.1 Å². The summed E-state index contributed by atoms with van der Waals surface area (Å²) in [7, 11) is 0. The van der Waals surface area contributed by atoms with E-state index >= 15 is 0 Å². The van der Waals surface area contributed by atoms with Crippen LogP contribution in [-0.2, 0) is 30.7 Å². The van der Waals surface area contributed by atoms with Gasteiger partial charge in [0.2, 0.25) is 0 Å². The highest BCUT2D eigenvalue weighted by Crippen LogP contribution is 2.47. The van der Waals surface area contributed by atoms with Crippen LogP contribution in [0.4, 0.5) is 0 Å². The quantitative estimate of drug-likeness (QED) is 0.0674. The number of rotatable bonds is 18. The molecule has 0 radical (unpaired) electrons. The number of aliphatic carboxylic acids is 1. The number of ether oxygens (including phenoxy) is 4. The molecule has 0 aromatic heterocycles. The van der Waals surface area contributed by atoms with Crippen LogP contribution in [0.25, 0.3) is 11.1 Å². The summed E-state index contributed by atoms with van der Waals surface area (Å²) < 4.78 is 25.1. The molecule has 4 aromatic rings. The molecule has 4 atom stereocenters. The number of hydrogen-bond acceptors (Lipinski definition) is 9. The van der Waals surface area contributed by atoms with Gasteiger partial charge in [-0.2, -0.15) is 0 Å². The second kappa shape index (κ2) is 17.8. The van der Waals surface area contributed by atoms with Crippen molar-refractivity contribution >= 4 is 29.2 Å². The molecule has 0 fully saturated rings. The second-order valence-corrected chi connectivity index (χ2v) is 15.1. The van der Waals surface area contributed by atoms with Crippen molar-refractivity contribution in [2.45, 2.75) is 90.3 Å². The lowest BCUT2D eigenvalue weighted by atomic mass is 9.91. The van der Waals surface area contributed by atoms with E-state index in [0.717, 1.165) is 42.4 Å². The van der Waals surface area contributed by atoms with Gasteiger partial charge in [0.25, 0.3) is 0 Å². The van der Waals surface area contributed by atoms with Crippen molar-refractivity contribution in [2.75, 3.05) is 26.4 Å². The molecular weight excluding hydrogens is 743 g/mol. The molecule has 55 heavy (non-hydrogen) atoms. The molecule has 0 saturated carbocycles. The first-order valence-electron chi connectivity index (χ1n) is 18.9. The first-order chi connectivity index (χ1) is 26.5. The number of aliphatic hydroxyl groups is 2. The van der Waals surface area contributed by atoms with Gasteiger partial charge in [-0.05, 0) is 98.9 Å². The number of halogens is 2. The molecule has 294 valence electrons. The minimum absolute atomic E-state index is 0.0344. The number of carboxylic acid groups (broad SMARTS) is 1. The van der Waals surface area contributed by atoms with Gasteiger partial charge < -0.3 is 39.6 Å². The summed E-state index contributed by atoms with van der Waals surface area (Å²) in [6.07, 6.45) is 2.88. The summed E-state index contributed by atoms with van der Waals surface area (Å²) in [5, 5.41) is 35.8. The van der Waals surface area contributed by atoms with Crippen LogP contribution in [-0.4, -0.2) is 59.3 Å². The second-order valence-electron chi connectivity index (χ2n) is 14.3. The van der Waals surface area contributed by atoms with Crippen molar-refractivity contribution < 1.29 is 39.1 Å². The number of carboxylic acids is 1. The Morgan fingerprint density at radius 2 is 1.29 bits per heavy atom. The first-order valence-corrected chi connectivity index (χ1v) is 19.7. The predicted octanol–water partition coefficient (Wildman–Crippen LogP) is 7.99. The van der Waals surface area contributed by atoms with Crippen molar-refractivity contribution in [1.29, 1.82) is 0 Å². The van der Waals surface area contributed by atoms with Crippen LogP contribution in [0.5, 0.6) is 23.0 Å². The lowest BCUT2D eigenvalue weighted by Crippen LogP contribution is -2.52. The number of carbonyl (C=O) groups is 1. The maximum absolute atomic E-state index is 11.7. The van der Waals surface area contributed by atoms with Gasteiger partial charge in [-0.15, -0.1) is 0 Å². The fourth-order valence-electron chi connectivity index (χ4n) is 7.32. The van der Waals surface area contributed by atoms with Crippen molar-refractivity contribution in [3.8, 4) is 34.1 Å². The summed E-state index contributed by atoms with van der Waals surface area (Å²) in [4.78, 5) is 11.7. The molecule has 0 spiro atoms. The van der Waals surface area contributed by atoms with Gasteiger partial charge >= 0.3 is 5.97 Å². The molecule has 5 N–H and O–H groups in total. The molecule has 10 nitrogen and oxygen atoms in total. The summed E-state index contributed by atoms with van der Waals surface area (Å²) in [6, 6.07) is 20.0. The van der Waals surface area contributed by atoms with Gasteiger partial charge in [0, 0.05) is 42.4 Å². The van der Waals surface area contributed by atoms with Gasteiger partial charge in [-0.1, -0.05) is 59.6 Å². The lowest BCUT2D eigenvalue weighted by molar-refractivity contribution is -0.145. The maximum Gasteiger partial charge on any atom is 0.326 e. The number of aliphatic hydroxyl groups excluding tert-OH is 2. The molecule has 0 amide bonds. The van der Waals surface area contributed by atoms with Crippen LogP contribution >= 0.6 is 23.2 Å². The molecule has 0 aliphatic heterocycles. The van der Waals surface area contributed by atoms with Gasteiger partial charge in [-0.3, -0.25) is 10.1 Å². The molecule has 0 heterocycles. The first kappa shape index (κ1) is 40.6. The van der Waals surface area contributed by atoms with Crippen LogP contribution in [0.15, 0.2) is 60.7 Å². The van der Waals surface area contributed by atoms with Crippen molar-refractivity contribution in [2.24, 2.45) is 0 Å². The average Bonchev–Trinajstić information content (AvgIpc) is 3.79. The monoisotopic (exact) mass is 792 g/mol. The minimum Gasteiger partial charge on any atom is -0.493 e. The van der Waals surface area contributed by atoms with Crippen molar-refractivity contribution in [3.63, 3.8) is 0 Å². The Hall–Kier alpha value is -4.03. The van der Waals surface area contributed by atoms with E-state index in [4.69, 9.17) is 42.1 Å². The van der Waals surface area contributed by atoms with E-state index in [1.807, 2.05) is 32.9 Å². The zero-order chi connectivity index (χ0) is 39.3. The lowest BCUT2D eigenvalue weighted by Gasteiger charge is -2.25. The summed E-state index contributed by atoms with van der Waals surface area (Å²) in [6.45, 7) is 8.14. The summed E-state index contributed by atoms with van der Waals surface area (Å²) in [5.74, 6) is 1.13. The van der Waals surface area contributed by atoms with Gasteiger partial charge in [0.05, 0.1) is 36.5 Å². The molecule has 4 aromatic carbocycles. The van der Waals surface area contributed by atoms with Crippen LogP contribution in [0.2, 0.25) is 10.0 Å². The third-order valence-corrected chi connectivity index (χ3v) is 11.1. The highest BCUT2D eigenvalue weighted by Gasteiger charge is 2.34. The number of nitrogens with one attached hydrogen (secondary N) is 2. The molecule has 0 bridgehead atoms. The molecule has 2 aliphatic carbocycles. The summed E-state index contributed by atoms with van der Waals surface area (Å²) in [5.41, 5.74) is 7.17. The van der Waals surface area contributed by atoms with Gasteiger partial charge in [0.1, 0.15) is 40.7 Å². The van der Waals surface area contributed by atoms with E-state index in [2.05, 4.69) is 47.0 Å². The smallest absolute Gasteiger partial charge is 0.326 e. The summed E-state index contributed by atoms with van der Waals surface area (Å²) >= 11 is 13.6. The van der Waals surface area contributed by atoms with E-state index in [0.29, 0.717) is 58.4 Å². The molecular formula is C43H50Cl2N2O8. The third kappa shape index (κ3) is 8.85. The van der Waals surface area contributed by atoms with E-state index < -0.39 is 18.1 Å². The normalized spacial score (nSPS) is 17.6. The van der Waals surface area contributed by atoms with Crippen LogP contribution < -0.4 is 29.6 Å². The Morgan fingerprint density at radius 1 is 0.800 bits per heavy atom. The van der Waals surface area contributed by atoms with Crippen LogP contribution in [0, 0.1) is 0 Å². The largest absolute Gasteiger partial charge is 0.493 e. The average molecular weight is 794 g/mol. The van der Waals surface area contributed by atoms with E-state index in [-0.39, 0.29) is 31.4 Å². The number of fused-ring (bicyclic) bond motifs is 2. The standard InChI is InChI=1S/C43H50Cl2N2O8/c1-5-52-38-19-40(34(44)17-26(38)21-46-25(3)23-48)54-36-15-13-30-28(9-7-11-32(30)36)29-10-8-12-33-31(29)14-16-37(33)55-41-20-39(53-6-2)27(18-35(41)45)22-47-43(4,24-49)42(50)51/h7-12,17-20,25,36-37,46-49H,5-6,13-16,21-24H2,1-4H3,(H,50,51)/t25-,36-,37-,43-/m0/s1. The third-order valence-electron chi connectivity index (χ3n) is 10.5. The molecule has 6 rings (SSSR count). The molecule has 12 heteroatoms. The Balaban J connectivity index is 1.22. The number of benzene rings is 4. The van der Waals surface area contributed by atoms with E-state index in [1.165, 1.54) is 29.2 Å². The Kier molecular flexibility index (Phi) is 13.2. The Bertz CT molecular complexity index is 2010. The predicted molar refractivity (Wildman–Crippen MR) is 214 cm³/mol. The van der Waals surface area contributed by atoms with Crippen molar-refractivity contribution in [1.82, 2.24) is 10.6 Å². The van der Waals surface area contributed by atoms with Gasteiger partial charge in [0.15, 0.2) is 0 Å². The van der Waals surface area contributed by atoms with E-state index in [1.54, 1.807) is 12.1 Å². The number of hydrogen-bond donors (Lipinski definition) is 5. The topological polar surface area (TPSA) is 139 Å². The Labute approximate surface area is 332 Å². The van der Waals surface area contributed by atoms with Crippen molar-refractivity contribution in [3.05, 3.63) is 104 Å². The molecule has 0 saturated heterocycles. The molecule has 0 unspecified atom stereocenters. The maximum atomic E-state index is 11.7. The highest BCUT2D eigenvalue weighted by molar-refractivity contribution is 6.32. The van der Waals surface area contributed by atoms with E-state index in [9.17, 15) is 20.1 Å². The van der Waals surface area contributed by atoms with Crippen LogP contribution in [0.3, 0.4) is 0 Å². The van der Waals surface area contributed by atoms with Gasteiger partial charge in [-0.25, -0.2) is 0 Å². The Morgan fingerprint density at radius 3 is 1.73 bits per heavy atom. The zero-order valence-electron chi connectivity index (χ0n) is 31.7. The SMILES string of the molecule is CCOc1cc(O[C@H]2CCc3c(-c4cccc5c4CC[C@@H]5Oc4cc(OCC)c(CN[C@@](C)(CO)C(=O)O)cc4Cl)cccc32)c(Cl)cc1CN[C@@H](C)CO.